The summed E-state index contributed by atoms with van der Waals surface area (Å²) in [6.45, 7) is 3.12. The van der Waals surface area contributed by atoms with Crippen LogP contribution in [0.1, 0.15) is 16.7 Å². The van der Waals surface area contributed by atoms with E-state index in [1.165, 1.54) is 11.1 Å². The highest BCUT2D eigenvalue weighted by Crippen LogP contribution is 2.36. The van der Waals surface area contributed by atoms with E-state index in [1.54, 1.807) is 0 Å². The molecule has 2 nitrogen and oxygen atoms in total. The number of quaternary nitrogens is 1. The third-order valence-electron chi connectivity index (χ3n) is 3.52. The largest absolute Gasteiger partial charge is 0.627 e. The Bertz CT molecular complexity index is 537. The summed E-state index contributed by atoms with van der Waals surface area (Å²) in [6, 6.07) is 16.0. The van der Waals surface area contributed by atoms with E-state index in [0.717, 1.165) is 11.3 Å². The van der Waals surface area contributed by atoms with Gasteiger partial charge in [-0.25, -0.2) is 0 Å². The molecule has 2 aromatic rings. The molecule has 3 rings (SSSR count). The summed E-state index contributed by atoms with van der Waals surface area (Å²) in [5, 5.41) is 12.9. The molecule has 2 heteroatoms. The number of aryl methyl sites for hydroxylation is 1. The van der Waals surface area contributed by atoms with Crippen LogP contribution >= 0.6 is 0 Å². The van der Waals surface area contributed by atoms with Gasteiger partial charge in [0.15, 0.2) is 0 Å². The quantitative estimate of drug-likeness (QED) is 0.538. The van der Waals surface area contributed by atoms with Gasteiger partial charge in [0.05, 0.1) is 0 Å². The molecule has 0 N–H and O–H groups in total. The van der Waals surface area contributed by atoms with Crippen molar-refractivity contribution in [3.8, 4) is 0 Å². The van der Waals surface area contributed by atoms with E-state index in [0.29, 0.717) is 13.1 Å². The van der Waals surface area contributed by atoms with Crippen molar-refractivity contribution in [2.45, 2.75) is 20.0 Å². The van der Waals surface area contributed by atoms with Crippen LogP contribution < -0.4 is 4.65 Å². The first-order valence-electron chi connectivity index (χ1n) is 5.90. The second-order valence-corrected chi connectivity index (χ2v) is 4.76. The van der Waals surface area contributed by atoms with Crippen LogP contribution in [0.25, 0.3) is 0 Å². The predicted octanol–water partition coefficient (Wildman–Crippen LogP) is 3.51. The number of benzene rings is 2. The van der Waals surface area contributed by atoms with Gasteiger partial charge in [-0.1, -0.05) is 42.5 Å². The second-order valence-electron chi connectivity index (χ2n) is 4.76. The summed E-state index contributed by atoms with van der Waals surface area (Å²) in [5.41, 5.74) is 4.34. The van der Waals surface area contributed by atoms with Crippen LogP contribution in [-0.2, 0) is 13.1 Å². The van der Waals surface area contributed by atoms with Gasteiger partial charge in [-0.3, -0.25) is 0 Å². The van der Waals surface area contributed by atoms with E-state index < -0.39 is 0 Å². The molecule has 0 atom stereocenters. The molecular weight excluding hydrogens is 210 g/mol. The Balaban J connectivity index is 2.05. The molecule has 0 radical (unpaired) electrons. The molecule has 0 aromatic heterocycles. The molecule has 1 heterocycles. The Morgan fingerprint density at radius 1 is 0.882 bits per heavy atom. The van der Waals surface area contributed by atoms with Crippen LogP contribution in [0.5, 0.6) is 0 Å². The van der Waals surface area contributed by atoms with Crippen molar-refractivity contribution in [2.75, 3.05) is 0 Å². The normalized spacial score (nSPS) is 16.8. The van der Waals surface area contributed by atoms with Crippen molar-refractivity contribution < 1.29 is 0 Å². The molecule has 86 valence electrons. The molecule has 1 aliphatic rings. The number of para-hydroxylation sites is 1. The fraction of sp³-hybridized carbons (Fsp3) is 0.200. The summed E-state index contributed by atoms with van der Waals surface area (Å²) in [5.74, 6) is 0. The van der Waals surface area contributed by atoms with Crippen LogP contribution in [0, 0.1) is 12.1 Å². The van der Waals surface area contributed by atoms with Crippen molar-refractivity contribution in [1.82, 2.24) is 4.65 Å². The van der Waals surface area contributed by atoms with Gasteiger partial charge in [-0.2, -0.15) is 0 Å². The first-order chi connectivity index (χ1) is 8.19. The molecule has 0 saturated heterocycles. The minimum atomic E-state index is -0.244. The van der Waals surface area contributed by atoms with Crippen molar-refractivity contribution >= 4 is 5.69 Å². The molecular formula is C15H15NO. The van der Waals surface area contributed by atoms with E-state index in [-0.39, 0.29) is 4.65 Å². The van der Waals surface area contributed by atoms with E-state index in [2.05, 4.69) is 12.1 Å². The van der Waals surface area contributed by atoms with Crippen molar-refractivity contribution in [3.63, 3.8) is 0 Å². The van der Waals surface area contributed by atoms with Crippen molar-refractivity contribution in [3.05, 3.63) is 70.4 Å². The lowest BCUT2D eigenvalue weighted by atomic mass is 10.1. The van der Waals surface area contributed by atoms with Gasteiger partial charge >= 0.3 is 0 Å². The van der Waals surface area contributed by atoms with Crippen LogP contribution in [0.3, 0.4) is 0 Å². The molecule has 0 unspecified atom stereocenters. The lowest BCUT2D eigenvalue weighted by Gasteiger charge is -2.38. The zero-order valence-electron chi connectivity index (χ0n) is 9.89. The fourth-order valence-electron chi connectivity index (χ4n) is 2.66. The average Bonchev–Trinajstić information content (AvgIpc) is 2.66. The van der Waals surface area contributed by atoms with Crippen molar-refractivity contribution in [1.29, 1.82) is 0 Å². The summed E-state index contributed by atoms with van der Waals surface area (Å²) in [6.07, 6.45) is 0. The third-order valence-corrected chi connectivity index (χ3v) is 3.52. The molecule has 17 heavy (non-hydrogen) atoms. The van der Waals surface area contributed by atoms with Gasteiger partial charge in [0, 0.05) is 16.7 Å². The molecule has 0 aliphatic carbocycles. The Hall–Kier alpha value is -1.64. The van der Waals surface area contributed by atoms with Crippen LogP contribution in [0.4, 0.5) is 5.69 Å². The number of fused-ring (bicyclic) bond motifs is 1. The van der Waals surface area contributed by atoms with Gasteiger partial charge in [0.25, 0.3) is 0 Å². The average molecular weight is 225 g/mol. The third kappa shape index (κ3) is 1.66. The molecule has 0 saturated carbocycles. The highest BCUT2D eigenvalue weighted by atomic mass is 16.5. The van der Waals surface area contributed by atoms with E-state index in [1.807, 2.05) is 43.3 Å². The standard InChI is InChI=1S/C15H15NO/c1-12-6-2-5-9-15(12)16(17)10-13-7-3-4-8-14(13)11-16/h2-9H,10-11H2,1H3. The van der Waals surface area contributed by atoms with Gasteiger partial charge in [0.2, 0.25) is 0 Å². The highest BCUT2D eigenvalue weighted by molar-refractivity contribution is 5.53. The Labute approximate surface area is 101 Å². The molecule has 0 amide bonds. The summed E-state index contributed by atoms with van der Waals surface area (Å²) in [7, 11) is 0. The predicted molar refractivity (Wildman–Crippen MR) is 70.2 cm³/mol. The number of hydroxylamine groups is 2. The second kappa shape index (κ2) is 3.69. The molecule has 2 aromatic carbocycles. The van der Waals surface area contributed by atoms with E-state index in [9.17, 15) is 5.21 Å². The van der Waals surface area contributed by atoms with Crippen LogP contribution in [0.15, 0.2) is 48.5 Å². The summed E-state index contributed by atoms with van der Waals surface area (Å²) in [4.78, 5) is 0. The summed E-state index contributed by atoms with van der Waals surface area (Å²) >= 11 is 0. The van der Waals surface area contributed by atoms with Crippen molar-refractivity contribution in [2.24, 2.45) is 0 Å². The number of hydrogen-bond acceptors (Lipinski definition) is 1. The minimum absolute atomic E-state index is 0.244. The molecule has 1 aliphatic heterocycles. The first-order valence-corrected chi connectivity index (χ1v) is 5.90. The number of nitrogens with zero attached hydrogens (tertiary/aromatic N) is 1. The van der Waals surface area contributed by atoms with Gasteiger partial charge in [-0.05, 0) is 13.0 Å². The van der Waals surface area contributed by atoms with E-state index in [4.69, 9.17) is 0 Å². The Morgan fingerprint density at radius 3 is 2.00 bits per heavy atom. The molecule has 0 fully saturated rings. The zero-order valence-corrected chi connectivity index (χ0v) is 9.89. The molecule has 0 bridgehead atoms. The maximum absolute atomic E-state index is 12.9. The molecule has 0 spiro atoms. The smallest absolute Gasteiger partial charge is 0.136 e. The zero-order chi connectivity index (χ0) is 11.9. The highest BCUT2D eigenvalue weighted by Gasteiger charge is 2.31. The van der Waals surface area contributed by atoms with Gasteiger partial charge < -0.3 is 9.85 Å². The van der Waals surface area contributed by atoms with Gasteiger partial charge in [-0.15, -0.1) is 0 Å². The fourth-order valence-corrected chi connectivity index (χ4v) is 2.66. The topological polar surface area (TPSA) is 23.1 Å². The van der Waals surface area contributed by atoms with Crippen LogP contribution in [0.2, 0.25) is 0 Å². The minimum Gasteiger partial charge on any atom is -0.627 e. The lowest BCUT2D eigenvalue weighted by molar-refractivity contribution is 0.389. The Kier molecular flexibility index (Phi) is 2.28. The summed E-state index contributed by atoms with van der Waals surface area (Å²) < 4.78 is -0.244. The number of rotatable bonds is 1. The SMILES string of the molecule is Cc1ccccc1[N+]1([O-])Cc2ccccc2C1. The van der Waals surface area contributed by atoms with Crippen LogP contribution in [-0.4, -0.2) is 0 Å². The van der Waals surface area contributed by atoms with E-state index >= 15 is 0 Å². The maximum Gasteiger partial charge on any atom is 0.136 e. The maximum atomic E-state index is 12.9. The first kappa shape index (κ1) is 10.5. The monoisotopic (exact) mass is 225 g/mol. The lowest BCUT2D eigenvalue weighted by Crippen LogP contribution is -2.37. The van der Waals surface area contributed by atoms with Gasteiger partial charge in [0.1, 0.15) is 18.8 Å². The number of hydrogen-bond donors (Lipinski definition) is 0. The Morgan fingerprint density at radius 2 is 1.41 bits per heavy atom.